The zero-order chi connectivity index (χ0) is 15.4. The fraction of sp³-hybridized carbons (Fsp3) is 0.714. The van der Waals surface area contributed by atoms with E-state index in [1.165, 1.54) is 63.4 Å². The molecule has 0 aromatic heterocycles. The van der Waals surface area contributed by atoms with E-state index in [1.807, 2.05) is 0 Å². The molecule has 1 heteroatoms. The van der Waals surface area contributed by atoms with Gasteiger partial charge in [0.1, 0.15) is 5.75 Å². The van der Waals surface area contributed by atoms with Crippen LogP contribution in [-0.4, -0.2) is 7.11 Å². The number of hydrogen-bond acceptors (Lipinski definition) is 1. The van der Waals surface area contributed by atoms with E-state index in [2.05, 4.69) is 31.2 Å². The van der Waals surface area contributed by atoms with Crippen molar-refractivity contribution in [3.8, 4) is 5.75 Å². The molecule has 0 bridgehead atoms. The topological polar surface area (TPSA) is 9.23 Å². The first-order valence-corrected chi connectivity index (χ1v) is 9.44. The van der Waals surface area contributed by atoms with Gasteiger partial charge < -0.3 is 4.74 Å². The molecule has 1 nitrogen and oxygen atoms in total. The van der Waals surface area contributed by atoms with Gasteiger partial charge in [0.25, 0.3) is 0 Å². The molecule has 0 amide bonds. The lowest BCUT2D eigenvalue weighted by atomic mass is 9.73. The van der Waals surface area contributed by atoms with Crippen LogP contribution in [0.15, 0.2) is 24.3 Å². The van der Waals surface area contributed by atoms with Crippen LogP contribution in [0.25, 0.3) is 0 Å². The van der Waals surface area contributed by atoms with Gasteiger partial charge in [-0.1, -0.05) is 38.3 Å². The van der Waals surface area contributed by atoms with Crippen LogP contribution < -0.4 is 4.74 Å². The van der Waals surface area contributed by atoms with Gasteiger partial charge in [0.2, 0.25) is 0 Å². The Hall–Kier alpha value is -0.980. The second-order valence-electron chi connectivity index (χ2n) is 7.61. The maximum Gasteiger partial charge on any atom is 0.118 e. The minimum Gasteiger partial charge on any atom is -0.497 e. The summed E-state index contributed by atoms with van der Waals surface area (Å²) in [5.41, 5.74) is 1.52. The highest BCUT2D eigenvalue weighted by Gasteiger charge is 2.33. The lowest BCUT2D eigenvalue weighted by molar-refractivity contribution is 0.229. The summed E-state index contributed by atoms with van der Waals surface area (Å²) in [5.74, 6) is 4.89. The molecule has 22 heavy (non-hydrogen) atoms. The highest BCUT2D eigenvalue weighted by atomic mass is 16.5. The van der Waals surface area contributed by atoms with E-state index in [-0.39, 0.29) is 0 Å². The fourth-order valence-electron chi connectivity index (χ4n) is 5.01. The summed E-state index contributed by atoms with van der Waals surface area (Å²) in [6.07, 6.45) is 13.1. The Bertz CT molecular complexity index is 441. The van der Waals surface area contributed by atoms with E-state index in [4.69, 9.17) is 4.74 Å². The number of benzene rings is 1. The first kappa shape index (κ1) is 15.9. The van der Waals surface area contributed by atoms with E-state index in [0.717, 1.165) is 29.4 Å². The summed E-state index contributed by atoms with van der Waals surface area (Å²) >= 11 is 0. The van der Waals surface area contributed by atoms with Gasteiger partial charge >= 0.3 is 0 Å². The summed E-state index contributed by atoms with van der Waals surface area (Å²) in [6.45, 7) is 2.34. The van der Waals surface area contributed by atoms with Crippen molar-refractivity contribution in [1.29, 1.82) is 0 Å². The highest BCUT2D eigenvalue weighted by molar-refractivity contribution is 5.29. The molecule has 0 saturated heterocycles. The van der Waals surface area contributed by atoms with Gasteiger partial charge in [-0.05, 0) is 79.9 Å². The molecule has 2 saturated carbocycles. The molecule has 2 fully saturated rings. The van der Waals surface area contributed by atoms with E-state index in [1.54, 1.807) is 7.11 Å². The molecule has 2 aliphatic rings. The Morgan fingerprint density at radius 2 is 1.59 bits per heavy atom. The molecule has 1 aromatic rings. The van der Waals surface area contributed by atoms with Gasteiger partial charge in [0, 0.05) is 0 Å². The minimum atomic E-state index is 0.787. The Balaban J connectivity index is 1.50. The third-order valence-corrected chi connectivity index (χ3v) is 6.30. The zero-order valence-corrected chi connectivity index (χ0v) is 14.4. The van der Waals surface area contributed by atoms with Crippen LogP contribution in [0.3, 0.4) is 0 Å². The monoisotopic (exact) mass is 300 g/mol. The standard InChI is InChI=1S/C21H32O/c1-3-4-16-5-6-20(15-16)19-9-7-17(8-10-19)18-11-13-21(22-2)14-12-18/h11-14,16-17,19-20H,3-10,15H2,1-2H3. The molecule has 2 aliphatic carbocycles. The van der Waals surface area contributed by atoms with Crippen LogP contribution >= 0.6 is 0 Å². The zero-order valence-electron chi connectivity index (χ0n) is 14.4. The molecule has 0 spiro atoms. The quantitative estimate of drug-likeness (QED) is 0.630. The van der Waals surface area contributed by atoms with Crippen LogP contribution in [0, 0.1) is 17.8 Å². The third-order valence-electron chi connectivity index (χ3n) is 6.30. The molecule has 2 atom stereocenters. The molecule has 3 rings (SSSR count). The fourth-order valence-corrected chi connectivity index (χ4v) is 5.01. The molecular formula is C21H32O. The number of methoxy groups -OCH3 is 1. The van der Waals surface area contributed by atoms with Crippen molar-refractivity contribution in [1.82, 2.24) is 0 Å². The number of hydrogen-bond donors (Lipinski definition) is 0. The molecule has 0 N–H and O–H groups in total. The molecule has 1 aromatic carbocycles. The van der Waals surface area contributed by atoms with Gasteiger partial charge in [-0.2, -0.15) is 0 Å². The van der Waals surface area contributed by atoms with Crippen molar-refractivity contribution in [2.75, 3.05) is 7.11 Å². The third kappa shape index (κ3) is 3.67. The van der Waals surface area contributed by atoms with E-state index >= 15 is 0 Å². The Kier molecular flexibility index (Phi) is 5.44. The summed E-state index contributed by atoms with van der Waals surface area (Å²) < 4.78 is 5.27. The van der Waals surface area contributed by atoms with Crippen LogP contribution in [0.4, 0.5) is 0 Å². The van der Waals surface area contributed by atoms with Gasteiger partial charge in [0.05, 0.1) is 7.11 Å². The minimum absolute atomic E-state index is 0.787. The van der Waals surface area contributed by atoms with Gasteiger partial charge in [-0.3, -0.25) is 0 Å². The average molecular weight is 300 g/mol. The maximum atomic E-state index is 5.27. The van der Waals surface area contributed by atoms with Gasteiger partial charge in [0.15, 0.2) is 0 Å². The summed E-state index contributed by atoms with van der Waals surface area (Å²) in [4.78, 5) is 0. The predicted molar refractivity (Wildman–Crippen MR) is 93.4 cm³/mol. The molecular weight excluding hydrogens is 268 g/mol. The lowest BCUT2D eigenvalue weighted by Crippen LogP contribution is -2.19. The van der Waals surface area contributed by atoms with Gasteiger partial charge in [-0.25, -0.2) is 0 Å². The molecule has 0 heterocycles. The Morgan fingerprint density at radius 1 is 0.909 bits per heavy atom. The Morgan fingerprint density at radius 3 is 2.23 bits per heavy atom. The van der Waals surface area contributed by atoms with Crippen molar-refractivity contribution in [3.63, 3.8) is 0 Å². The second kappa shape index (κ2) is 7.53. The van der Waals surface area contributed by atoms with Crippen LogP contribution in [0.2, 0.25) is 0 Å². The first-order chi connectivity index (χ1) is 10.8. The smallest absolute Gasteiger partial charge is 0.118 e. The second-order valence-corrected chi connectivity index (χ2v) is 7.61. The molecule has 2 unspecified atom stereocenters. The highest BCUT2D eigenvalue weighted by Crippen LogP contribution is 2.46. The number of rotatable bonds is 5. The largest absolute Gasteiger partial charge is 0.497 e. The lowest BCUT2D eigenvalue weighted by Gasteiger charge is -2.32. The molecule has 0 radical (unpaired) electrons. The van der Waals surface area contributed by atoms with E-state index in [0.29, 0.717) is 0 Å². The Labute approximate surface area is 136 Å². The SMILES string of the molecule is CCCC1CCC(C2CCC(c3ccc(OC)cc3)CC2)C1. The van der Waals surface area contributed by atoms with Gasteiger partial charge in [-0.15, -0.1) is 0 Å². The van der Waals surface area contributed by atoms with Crippen LogP contribution in [0.5, 0.6) is 5.75 Å². The first-order valence-electron chi connectivity index (χ1n) is 9.44. The van der Waals surface area contributed by atoms with Crippen LogP contribution in [-0.2, 0) is 0 Å². The van der Waals surface area contributed by atoms with Crippen molar-refractivity contribution in [3.05, 3.63) is 29.8 Å². The van der Waals surface area contributed by atoms with Crippen LogP contribution in [0.1, 0.15) is 76.2 Å². The summed E-state index contributed by atoms with van der Waals surface area (Å²) in [6, 6.07) is 8.79. The van der Waals surface area contributed by atoms with E-state index < -0.39 is 0 Å². The normalized spacial score (nSPS) is 32.1. The predicted octanol–water partition coefficient (Wildman–Crippen LogP) is 6.19. The van der Waals surface area contributed by atoms with Crippen molar-refractivity contribution < 1.29 is 4.74 Å². The van der Waals surface area contributed by atoms with Crippen molar-refractivity contribution >= 4 is 0 Å². The average Bonchev–Trinajstić information content (AvgIpc) is 3.04. The van der Waals surface area contributed by atoms with Crippen molar-refractivity contribution in [2.45, 2.75) is 70.6 Å². The van der Waals surface area contributed by atoms with Crippen molar-refractivity contribution in [2.24, 2.45) is 17.8 Å². The summed E-state index contributed by atoms with van der Waals surface area (Å²) in [7, 11) is 1.74. The summed E-state index contributed by atoms with van der Waals surface area (Å²) in [5, 5.41) is 0. The molecule has 122 valence electrons. The maximum absolute atomic E-state index is 5.27. The number of ether oxygens (including phenoxy) is 1. The molecule has 0 aliphatic heterocycles. The van der Waals surface area contributed by atoms with E-state index in [9.17, 15) is 0 Å².